The normalized spacial score (nSPS) is 19.3. The summed E-state index contributed by atoms with van der Waals surface area (Å²) in [4.78, 5) is 29.4. The molecule has 41 heavy (non-hydrogen) atoms. The smallest absolute Gasteiger partial charge is 0.365 e. The van der Waals surface area contributed by atoms with Crippen molar-refractivity contribution in [1.29, 1.82) is 0 Å². The Kier molecular flexibility index (Phi) is 7.77. The van der Waals surface area contributed by atoms with E-state index in [0.29, 0.717) is 29.1 Å². The molecular formula is C27H31F5N6O3. The number of aryl methyl sites for hydroxylation is 1. The van der Waals surface area contributed by atoms with Crippen molar-refractivity contribution in [3.05, 3.63) is 46.7 Å². The number of alkyl halides is 5. The van der Waals surface area contributed by atoms with Crippen molar-refractivity contribution in [2.45, 2.75) is 88.8 Å². The molecule has 3 aromatic rings. The Balaban J connectivity index is 1.48. The molecule has 0 radical (unpaired) electrons. The molecule has 2 atom stereocenters. The average molecular weight is 583 g/mol. The molecule has 5 rings (SSSR count). The van der Waals surface area contributed by atoms with Crippen LogP contribution < -0.4 is 11.1 Å². The lowest BCUT2D eigenvalue weighted by Gasteiger charge is -2.32. The number of aromatic nitrogens is 4. The van der Waals surface area contributed by atoms with Crippen LogP contribution in [0, 0.1) is 11.8 Å². The number of carbonyl (C=O) groups is 2. The van der Waals surface area contributed by atoms with Crippen molar-refractivity contribution >= 4 is 17.5 Å². The van der Waals surface area contributed by atoms with Gasteiger partial charge < -0.3 is 15.6 Å². The molecule has 222 valence electrons. The van der Waals surface area contributed by atoms with Crippen LogP contribution >= 0.6 is 0 Å². The van der Waals surface area contributed by atoms with Gasteiger partial charge in [0, 0.05) is 25.7 Å². The third kappa shape index (κ3) is 6.51. The maximum atomic E-state index is 14.0. The first-order valence-electron chi connectivity index (χ1n) is 13.7. The highest BCUT2D eigenvalue weighted by molar-refractivity contribution is 5.95. The third-order valence-electron chi connectivity index (χ3n) is 7.97. The van der Waals surface area contributed by atoms with Crippen LogP contribution in [0.5, 0.6) is 0 Å². The Morgan fingerprint density at radius 2 is 1.90 bits per heavy atom. The van der Waals surface area contributed by atoms with Crippen LogP contribution in [0.4, 0.5) is 22.0 Å². The number of imidazole rings is 1. The number of fused-ring (bicyclic) bond motifs is 1. The molecule has 3 N–H and O–H groups in total. The fourth-order valence-corrected chi connectivity index (χ4v) is 5.69. The number of amides is 2. The zero-order valence-electron chi connectivity index (χ0n) is 22.4. The van der Waals surface area contributed by atoms with E-state index in [1.165, 1.54) is 10.7 Å². The van der Waals surface area contributed by atoms with E-state index < -0.39 is 48.7 Å². The predicted molar refractivity (Wildman–Crippen MR) is 135 cm³/mol. The van der Waals surface area contributed by atoms with Gasteiger partial charge in [-0.3, -0.25) is 9.59 Å². The Morgan fingerprint density at radius 3 is 2.51 bits per heavy atom. The molecule has 9 nitrogen and oxygen atoms in total. The van der Waals surface area contributed by atoms with Crippen molar-refractivity contribution in [2.75, 3.05) is 0 Å². The number of halogens is 5. The molecule has 0 bridgehead atoms. The summed E-state index contributed by atoms with van der Waals surface area (Å²) in [6, 6.07) is 1.18. The topological polar surface area (TPSA) is 128 Å². The Hall–Kier alpha value is -3.58. The molecule has 3 aromatic heterocycles. The van der Waals surface area contributed by atoms with E-state index in [9.17, 15) is 31.5 Å². The first-order chi connectivity index (χ1) is 19.3. The minimum atomic E-state index is -4.43. The number of hydrogen-bond donors (Lipinski definition) is 2. The molecular weight excluding hydrogens is 551 g/mol. The van der Waals surface area contributed by atoms with Gasteiger partial charge in [-0.25, -0.2) is 18.3 Å². The first kappa shape index (κ1) is 28.9. The van der Waals surface area contributed by atoms with Gasteiger partial charge >= 0.3 is 6.18 Å². The third-order valence-corrected chi connectivity index (χ3v) is 7.97. The van der Waals surface area contributed by atoms with Crippen LogP contribution in [0.2, 0.25) is 0 Å². The van der Waals surface area contributed by atoms with Crippen LogP contribution in [0.1, 0.15) is 103 Å². The average Bonchev–Trinajstić information content (AvgIpc) is 3.51. The predicted octanol–water partition coefficient (Wildman–Crippen LogP) is 5.25. The highest BCUT2D eigenvalue weighted by Gasteiger charge is 2.42. The fraction of sp³-hybridized carbons (Fsp3) is 0.593. The monoisotopic (exact) mass is 582 g/mol. The molecule has 2 amide bonds. The number of hydrogen-bond acceptors (Lipinski definition) is 6. The molecule has 0 aromatic carbocycles. The van der Waals surface area contributed by atoms with Gasteiger partial charge in [-0.15, -0.1) is 0 Å². The van der Waals surface area contributed by atoms with Gasteiger partial charge in [0.05, 0.1) is 36.5 Å². The highest BCUT2D eigenvalue weighted by Crippen LogP contribution is 2.46. The summed E-state index contributed by atoms with van der Waals surface area (Å²) in [5.74, 6) is -4.82. The Bertz CT molecular complexity index is 1420. The van der Waals surface area contributed by atoms with E-state index in [4.69, 9.17) is 15.2 Å². The fourth-order valence-electron chi connectivity index (χ4n) is 5.69. The second-order valence-electron chi connectivity index (χ2n) is 11.0. The van der Waals surface area contributed by atoms with Crippen molar-refractivity contribution < 1.29 is 36.1 Å². The summed E-state index contributed by atoms with van der Waals surface area (Å²) in [7, 11) is 0. The number of nitrogens with zero attached hydrogens (tertiary/aromatic N) is 4. The van der Waals surface area contributed by atoms with Gasteiger partial charge in [-0.2, -0.15) is 18.3 Å². The van der Waals surface area contributed by atoms with E-state index in [-0.39, 0.29) is 48.8 Å². The van der Waals surface area contributed by atoms with E-state index >= 15 is 0 Å². The number of carbonyl (C=O) groups excluding carboxylic acids is 2. The summed E-state index contributed by atoms with van der Waals surface area (Å²) in [5, 5.41) is 11.3. The number of nitrogens with two attached hydrogens (primary N) is 1. The van der Waals surface area contributed by atoms with E-state index in [0.717, 1.165) is 12.8 Å². The lowest BCUT2D eigenvalue weighted by molar-refractivity contribution is -0.144. The standard InChI is InChI=1S/C27H31F5N6O3/c1-2-18-22(25(33)40)24(37-41-18)21(14-5-8-26(28,29)9-6-14)17-13-38-19(35-17)11-16(12-34-38)23(15-3-4-15)36-20(39)7-10-27(30,31)32/h11-15,21,23H,2-10H2,1H3,(H2,33,40)(H,36,39)/t21-,23+/m0/s1. The van der Waals surface area contributed by atoms with E-state index in [1.54, 1.807) is 19.2 Å². The lowest BCUT2D eigenvalue weighted by Crippen LogP contribution is -2.30. The number of primary amides is 1. The number of rotatable bonds is 10. The van der Waals surface area contributed by atoms with Crippen molar-refractivity contribution in [3.8, 4) is 0 Å². The van der Waals surface area contributed by atoms with Gasteiger partial charge in [0.25, 0.3) is 5.91 Å². The molecule has 0 saturated heterocycles. The molecule has 0 spiro atoms. The summed E-state index contributed by atoms with van der Waals surface area (Å²) < 4.78 is 72.8. The van der Waals surface area contributed by atoms with Gasteiger partial charge in [-0.05, 0) is 49.1 Å². The van der Waals surface area contributed by atoms with E-state index in [1.807, 2.05) is 0 Å². The molecule has 3 heterocycles. The van der Waals surface area contributed by atoms with E-state index in [2.05, 4.69) is 15.6 Å². The van der Waals surface area contributed by atoms with Crippen LogP contribution in [-0.2, 0) is 11.2 Å². The summed E-state index contributed by atoms with van der Waals surface area (Å²) in [6.45, 7) is 1.78. The summed E-state index contributed by atoms with van der Waals surface area (Å²) >= 11 is 0. The first-order valence-corrected chi connectivity index (χ1v) is 13.7. The van der Waals surface area contributed by atoms with Gasteiger partial charge in [-0.1, -0.05) is 12.1 Å². The zero-order chi connectivity index (χ0) is 29.5. The van der Waals surface area contributed by atoms with Gasteiger partial charge in [0.15, 0.2) is 5.65 Å². The summed E-state index contributed by atoms with van der Waals surface area (Å²) in [5.41, 5.74) is 7.48. The highest BCUT2D eigenvalue weighted by atomic mass is 19.4. The largest absolute Gasteiger partial charge is 0.389 e. The molecule has 2 fully saturated rings. The van der Waals surface area contributed by atoms with Crippen LogP contribution in [0.25, 0.3) is 5.65 Å². The molecule has 2 aliphatic rings. The minimum Gasteiger partial charge on any atom is -0.365 e. The zero-order valence-corrected chi connectivity index (χ0v) is 22.4. The molecule has 0 unspecified atom stereocenters. The Labute approximate surface area is 232 Å². The Morgan fingerprint density at radius 1 is 1.20 bits per heavy atom. The SMILES string of the molecule is CCc1onc([C@H](c2cn3ncc([C@H](NC(=O)CCC(F)(F)F)C4CC4)cc3n2)C2CCC(F)(F)CC2)c1C(N)=O. The second kappa shape index (κ2) is 11.0. The van der Waals surface area contributed by atoms with Crippen molar-refractivity contribution in [2.24, 2.45) is 17.6 Å². The molecule has 0 aliphatic heterocycles. The van der Waals surface area contributed by atoms with Crippen LogP contribution in [0.15, 0.2) is 23.0 Å². The maximum absolute atomic E-state index is 14.0. The maximum Gasteiger partial charge on any atom is 0.389 e. The minimum absolute atomic E-state index is 0.0703. The quantitative estimate of drug-likeness (QED) is 0.315. The number of nitrogens with one attached hydrogen (secondary N) is 1. The molecule has 14 heteroatoms. The van der Waals surface area contributed by atoms with Crippen LogP contribution in [0.3, 0.4) is 0 Å². The van der Waals surface area contributed by atoms with Crippen molar-refractivity contribution in [1.82, 2.24) is 25.1 Å². The lowest BCUT2D eigenvalue weighted by atomic mass is 9.75. The van der Waals surface area contributed by atoms with Gasteiger partial charge in [0.2, 0.25) is 11.8 Å². The van der Waals surface area contributed by atoms with Crippen molar-refractivity contribution in [3.63, 3.8) is 0 Å². The summed E-state index contributed by atoms with van der Waals surface area (Å²) in [6.07, 6.45) is -1.45. The molecule has 2 saturated carbocycles. The van der Waals surface area contributed by atoms with Crippen LogP contribution in [-0.4, -0.2) is 43.7 Å². The second-order valence-corrected chi connectivity index (χ2v) is 11.0. The van der Waals surface area contributed by atoms with Gasteiger partial charge in [0.1, 0.15) is 17.0 Å². The molecule has 2 aliphatic carbocycles.